The fourth-order valence-electron chi connectivity index (χ4n) is 1.52. The van der Waals surface area contributed by atoms with Crippen LogP contribution in [-0.4, -0.2) is 20.7 Å². The highest BCUT2D eigenvalue weighted by molar-refractivity contribution is 7.89. The van der Waals surface area contributed by atoms with Crippen LogP contribution in [0.1, 0.15) is 65.2 Å². The molecular formula is C12H26NO2S. The lowest BCUT2D eigenvalue weighted by molar-refractivity contribution is 0.565. The molecule has 0 fully saturated rings. The summed E-state index contributed by atoms with van der Waals surface area (Å²) in [6.45, 7) is 4.74. The first-order chi connectivity index (χ1) is 7.62. The molecule has 0 amide bonds. The van der Waals surface area contributed by atoms with Crippen LogP contribution in [0.15, 0.2) is 0 Å². The molecule has 16 heavy (non-hydrogen) atoms. The summed E-state index contributed by atoms with van der Waals surface area (Å²) < 4.78 is 26.7. The molecule has 3 nitrogen and oxygen atoms in total. The van der Waals surface area contributed by atoms with Gasteiger partial charge in [0.05, 0.1) is 5.75 Å². The van der Waals surface area contributed by atoms with Crippen molar-refractivity contribution in [1.82, 2.24) is 4.72 Å². The summed E-state index contributed by atoms with van der Waals surface area (Å²) in [4.78, 5) is 0. The van der Waals surface area contributed by atoms with Crippen molar-refractivity contribution in [3.05, 3.63) is 0 Å². The molecule has 0 aromatic carbocycles. The minimum atomic E-state index is -3.12. The lowest BCUT2D eigenvalue weighted by Crippen LogP contribution is -2.20. The zero-order valence-electron chi connectivity index (χ0n) is 10.7. The van der Waals surface area contributed by atoms with Gasteiger partial charge in [0.1, 0.15) is 0 Å². The third-order valence-electron chi connectivity index (χ3n) is 2.56. The first kappa shape index (κ1) is 15.9. The number of hydrogen-bond donors (Lipinski definition) is 0. The zero-order valence-corrected chi connectivity index (χ0v) is 11.6. The van der Waals surface area contributed by atoms with Gasteiger partial charge in [0, 0.05) is 6.54 Å². The Morgan fingerprint density at radius 2 is 1.38 bits per heavy atom. The molecule has 97 valence electrons. The number of nitrogens with zero attached hydrogens (tertiary/aromatic N) is 1. The van der Waals surface area contributed by atoms with Crippen molar-refractivity contribution >= 4 is 10.0 Å². The quantitative estimate of drug-likeness (QED) is 0.528. The molecule has 0 heterocycles. The van der Waals surface area contributed by atoms with Gasteiger partial charge in [-0.25, -0.2) is 8.42 Å². The summed E-state index contributed by atoms with van der Waals surface area (Å²) in [5.74, 6) is 0.237. The Kier molecular flexibility index (Phi) is 10.0. The van der Waals surface area contributed by atoms with Crippen LogP contribution in [-0.2, 0) is 10.0 Å². The van der Waals surface area contributed by atoms with Crippen molar-refractivity contribution in [2.45, 2.75) is 65.2 Å². The van der Waals surface area contributed by atoms with Gasteiger partial charge in [-0.1, -0.05) is 52.4 Å². The van der Waals surface area contributed by atoms with Crippen LogP contribution < -0.4 is 4.72 Å². The Bertz CT molecular complexity index is 237. The first-order valence-corrected chi connectivity index (χ1v) is 8.14. The summed E-state index contributed by atoms with van der Waals surface area (Å²) in [6, 6.07) is 0. The molecule has 0 aromatic rings. The Morgan fingerprint density at radius 1 is 0.812 bits per heavy atom. The second-order valence-corrected chi connectivity index (χ2v) is 6.09. The van der Waals surface area contributed by atoms with Crippen molar-refractivity contribution in [1.29, 1.82) is 0 Å². The molecule has 0 spiro atoms. The third kappa shape index (κ3) is 10.4. The van der Waals surface area contributed by atoms with E-state index in [-0.39, 0.29) is 5.75 Å². The normalized spacial score (nSPS) is 11.9. The fraction of sp³-hybridized carbons (Fsp3) is 1.00. The third-order valence-corrected chi connectivity index (χ3v) is 3.94. The Labute approximate surface area is 101 Å². The van der Waals surface area contributed by atoms with E-state index in [2.05, 4.69) is 18.6 Å². The maximum atomic E-state index is 11.5. The molecule has 0 aliphatic rings. The number of sulfonamides is 1. The van der Waals surface area contributed by atoms with Crippen molar-refractivity contribution in [2.24, 2.45) is 0 Å². The van der Waals surface area contributed by atoms with Crippen LogP contribution in [0.25, 0.3) is 0 Å². The number of unbranched alkanes of at least 4 members (excludes halogenated alkanes) is 6. The van der Waals surface area contributed by atoms with Gasteiger partial charge in [-0.3, -0.25) is 0 Å². The lowest BCUT2D eigenvalue weighted by atomic mass is 10.2. The summed E-state index contributed by atoms with van der Waals surface area (Å²) in [7, 11) is -3.12. The SMILES string of the molecule is CCCCCC[N]S(=O)(=O)CCCCCC. The molecule has 0 bridgehead atoms. The minimum Gasteiger partial charge on any atom is -0.211 e. The average Bonchev–Trinajstić information content (AvgIpc) is 2.24. The van der Waals surface area contributed by atoms with Gasteiger partial charge < -0.3 is 0 Å². The number of rotatable bonds is 11. The predicted octanol–water partition coefficient (Wildman–Crippen LogP) is 3.08. The van der Waals surface area contributed by atoms with E-state index in [9.17, 15) is 8.42 Å². The van der Waals surface area contributed by atoms with Crippen molar-refractivity contribution in [2.75, 3.05) is 12.3 Å². The molecular weight excluding hydrogens is 222 g/mol. The maximum absolute atomic E-state index is 11.5. The molecule has 0 aromatic heterocycles. The van der Waals surface area contributed by atoms with Crippen molar-refractivity contribution in [3.8, 4) is 0 Å². The van der Waals surface area contributed by atoms with Crippen LogP contribution in [0, 0.1) is 0 Å². The standard InChI is InChI=1S/C12H26NO2S/c1-3-5-7-9-11-13-16(14,15)12-10-8-6-4-2/h3-12H2,1-2H3. The minimum absolute atomic E-state index is 0.237. The largest absolute Gasteiger partial charge is 0.227 e. The molecule has 0 unspecified atom stereocenters. The zero-order chi connectivity index (χ0) is 12.3. The molecule has 0 rings (SSSR count). The van der Waals surface area contributed by atoms with Crippen LogP contribution in [0.5, 0.6) is 0 Å². The summed E-state index contributed by atoms with van der Waals surface area (Å²) in [6.07, 6.45) is 8.35. The highest BCUT2D eigenvalue weighted by Gasteiger charge is 2.09. The second-order valence-electron chi connectivity index (χ2n) is 4.26. The van der Waals surface area contributed by atoms with E-state index in [1.54, 1.807) is 0 Å². The van der Waals surface area contributed by atoms with E-state index in [4.69, 9.17) is 0 Å². The second kappa shape index (κ2) is 10.1. The van der Waals surface area contributed by atoms with Gasteiger partial charge in [-0.15, -0.1) is 4.72 Å². The first-order valence-electron chi connectivity index (χ1n) is 6.54. The lowest BCUT2D eigenvalue weighted by Gasteiger charge is -2.03. The summed E-state index contributed by atoms with van der Waals surface area (Å²) in [5, 5.41) is 0. The van der Waals surface area contributed by atoms with Crippen LogP contribution in [0.3, 0.4) is 0 Å². The van der Waals surface area contributed by atoms with Gasteiger partial charge in [0.2, 0.25) is 10.0 Å². The van der Waals surface area contributed by atoms with Crippen LogP contribution in [0.4, 0.5) is 0 Å². The molecule has 0 N–H and O–H groups in total. The molecule has 0 aliphatic heterocycles. The van der Waals surface area contributed by atoms with Crippen LogP contribution in [0.2, 0.25) is 0 Å². The molecule has 4 heteroatoms. The van der Waals surface area contributed by atoms with Gasteiger partial charge in [0.15, 0.2) is 0 Å². The number of hydrogen-bond acceptors (Lipinski definition) is 2. The topological polar surface area (TPSA) is 48.2 Å². The van der Waals surface area contributed by atoms with E-state index in [1.165, 1.54) is 12.8 Å². The molecule has 1 radical (unpaired) electrons. The smallest absolute Gasteiger partial charge is 0.211 e. The van der Waals surface area contributed by atoms with Crippen molar-refractivity contribution < 1.29 is 8.42 Å². The molecule has 0 saturated carbocycles. The monoisotopic (exact) mass is 248 g/mol. The fourth-order valence-corrected chi connectivity index (χ4v) is 2.62. The molecule has 0 aliphatic carbocycles. The Balaban J connectivity index is 3.47. The van der Waals surface area contributed by atoms with Crippen molar-refractivity contribution in [3.63, 3.8) is 0 Å². The van der Waals surface area contributed by atoms with E-state index in [0.29, 0.717) is 6.54 Å². The highest BCUT2D eigenvalue weighted by atomic mass is 32.2. The highest BCUT2D eigenvalue weighted by Crippen LogP contribution is 2.03. The van der Waals surface area contributed by atoms with E-state index in [0.717, 1.165) is 38.5 Å². The van der Waals surface area contributed by atoms with Gasteiger partial charge in [-0.2, -0.15) is 0 Å². The van der Waals surface area contributed by atoms with E-state index < -0.39 is 10.0 Å². The Morgan fingerprint density at radius 3 is 1.94 bits per heavy atom. The maximum Gasteiger partial charge on any atom is 0.227 e. The van der Waals surface area contributed by atoms with E-state index in [1.807, 2.05) is 0 Å². The Hall–Kier alpha value is -0.0900. The predicted molar refractivity (Wildman–Crippen MR) is 69.1 cm³/mol. The van der Waals surface area contributed by atoms with Gasteiger partial charge in [0.25, 0.3) is 0 Å². The summed E-state index contributed by atoms with van der Waals surface area (Å²) >= 11 is 0. The molecule has 0 atom stereocenters. The van der Waals surface area contributed by atoms with Crippen LogP contribution >= 0.6 is 0 Å². The van der Waals surface area contributed by atoms with Gasteiger partial charge >= 0.3 is 0 Å². The molecule has 0 saturated heterocycles. The van der Waals surface area contributed by atoms with E-state index >= 15 is 0 Å². The summed E-state index contributed by atoms with van der Waals surface area (Å²) in [5.41, 5.74) is 0. The van der Waals surface area contributed by atoms with Gasteiger partial charge in [-0.05, 0) is 12.8 Å². The average molecular weight is 248 g/mol.